The van der Waals surface area contributed by atoms with Crippen LogP contribution in [0, 0.1) is 11.7 Å². The maximum atomic E-state index is 13.8. The minimum Gasteiger partial charge on any atom is -0.294 e. The molecule has 3 heteroatoms. The lowest BCUT2D eigenvalue weighted by molar-refractivity contribution is 0.0920. The molecule has 1 aliphatic carbocycles. The first-order chi connectivity index (χ1) is 9.15. The van der Waals surface area contributed by atoms with Crippen LogP contribution in [0.4, 0.5) is 4.39 Å². The molecule has 0 unspecified atom stereocenters. The first-order valence-corrected chi connectivity index (χ1v) is 7.00. The minimum atomic E-state index is -0.441. The van der Waals surface area contributed by atoms with Crippen molar-refractivity contribution in [2.75, 3.05) is 0 Å². The van der Waals surface area contributed by atoms with Crippen LogP contribution in [-0.4, -0.2) is 5.78 Å². The molecule has 3 rings (SSSR count). The molecule has 0 radical (unpaired) electrons. The van der Waals surface area contributed by atoms with E-state index in [4.69, 9.17) is 0 Å². The Kier molecular flexibility index (Phi) is 3.23. The quantitative estimate of drug-likeness (QED) is 0.759. The van der Waals surface area contributed by atoms with Crippen molar-refractivity contribution in [3.05, 3.63) is 69.4 Å². The molecular formula is C16H12BrFO. The molecule has 96 valence electrons. The van der Waals surface area contributed by atoms with Gasteiger partial charge in [-0.05, 0) is 42.2 Å². The van der Waals surface area contributed by atoms with Crippen molar-refractivity contribution >= 4 is 21.7 Å². The van der Waals surface area contributed by atoms with Crippen LogP contribution in [0.2, 0.25) is 0 Å². The van der Waals surface area contributed by atoms with Gasteiger partial charge in [0, 0.05) is 10.4 Å². The van der Waals surface area contributed by atoms with Crippen LogP contribution in [0.1, 0.15) is 21.5 Å². The van der Waals surface area contributed by atoms with Gasteiger partial charge in [-0.25, -0.2) is 4.39 Å². The van der Waals surface area contributed by atoms with Gasteiger partial charge in [-0.1, -0.05) is 40.2 Å². The van der Waals surface area contributed by atoms with Crippen LogP contribution >= 0.6 is 15.9 Å². The third kappa shape index (κ3) is 2.35. The van der Waals surface area contributed by atoms with Crippen LogP contribution in [0.15, 0.2) is 46.9 Å². The normalized spacial score (nSPS) is 14.4. The summed E-state index contributed by atoms with van der Waals surface area (Å²) in [6, 6.07) is 12.5. The van der Waals surface area contributed by atoms with Crippen molar-refractivity contribution in [2.45, 2.75) is 12.8 Å². The molecule has 19 heavy (non-hydrogen) atoms. The van der Waals surface area contributed by atoms with Gasteiger partial charge in [0.15, 0.2) is 5.78 Å². The van der Waals surface area contributed by atoms with Gasteiger partial charge in [0.2, 0.25) is 0 Å². The zero-order chi connectivity index (χ0) is 13.4. The molecule has 0 saturated carbocycles. The fraction of sp³-hybridized carbons (Fsp3) is 0.188. The molecule has 1 aliphatic rings. The summed E-state index contributed by atoms with van der Waals surface area (Å²) in [6.07, 6.45) is 1.42. The molecule has 0 fully saturated rings. The number of benzene rings is 2. The monoisotopic (exact) mass is 318 g/mol. The van der Waals surface area contributed by atoms with E-state index in [-0.39, 0.29) is 17.3 Å². The Balaban J connectivity index is 1.89. The molecular weight excluding hydrogens is 307 g/mol. The molecule has 0 aromatic heterocycles. The maximum Gasteiger partial charge on any atom is 0.169 e. The Morgan fingerprint density at radius 2 is 1.74 bits per heavy atom. The maximum absolute atomic E-state index is 13.8. The summed E-state index contributed by atoms with van der Waals surface area (Å²) in [4.78, 5) is 12.4. The number of hydrogen-bond acceptors (Lipinski definition) is 1. The van der Waals surface area contributed by atoms with Crippen LogP contribution in [0.25, 0.3) is 0 Å². The first kappa shape index (κ1) is 12.5. The average molecular weight is 319 g/mol. The molecule has 2 aromatic rings. The SMILES string of the molecule is O=C(c1cc(Br)ccc1F)C1Cc2ccccc2C1. The first-order valence-electron chi connectivity index (χ1n) is 6.21. The van der Waals surface area contributed by atoms with E-state index in [1.165, 1.54) is 17.2 Å². The largest absolute Gasteiger partial charge is 0.294 e. The van der Waals surface area contributed by atoms with Crippen molar-refractivity contribution in [1.29, 1.82) is 0 Å². The summed E-state index contributed by atoms with van der Waals surface area (Å²) in [5.41, 5.74) is 2.60. The number of rotatable bonds is 2. The van der Waals surface area contributed by atoms with Crippen molar-refractivity contribution in [1.82, 2.24) is 0 Å². The third-order valence-corrected chi connectivity index (χ3v) is 4.11. The number of Topliss-reactive ketones (excluding diaryl/α,β-unsaturated/α-hetero) is 1. The molecule has 0 spiro atoms. The third-order valence-electron chi connectivity index (χ3n) is 3.62. The molecule has 0 N–H and O–H groups in total. The van der Waals surface area contributed by atoms with E-state index in [9.17, 15) is 9.18 Å². The zero-order valence-electron chi connectivity index (χ0n) is 10.2. The van der Waals surface area contributed by atoms with Crippen LogP contribution in [-0.2, 0) is 12.8 Å². The van der Waals surface area contributed by atoms with E-state index in [1.807, 2.05) is 24.3 Å². The second-order valence-corrected chi connectivity index (χ2v) is 5.78. The highest BCUT2D eigenvalue weighted by molar-refractivity contribution is 9.10. The van der Waals surface area contributed by atoms with Crippen molar-refractivity contribution < 1.29 is 9.18 Å². The van der Waals surface area contributed by atoms with Crippen molar-refractivity contribution in [3.8, 4) is 0 Å². The van der Waals surface area contributed by atoms with Crippen LogP contribution in [0.3, 0.4) is 0 Å². The number of carbonyl (C=O) groups excluding carboxylic acids is 1. The average Bonchev–Trinajstić information content (AvgIpc) is 2.84. The van der Waals surface area contributed by atoms with Crippen molar-refractivity contribution in [2.24, 2.45) is 5.92 Å². The standard InChI is InChI=1S/C16H12BrFO/c17-13-5-6-15(18)14(9-13)16(19)12-7-10-3-1-2-4-11(10)8-12/h1-6,9,12H,7-8H2. The molecule has 2 aromatic carbocycles. The number of hydrogen-bond donors (Lipinski definition) is 0. The number of ketones is 1. The van der Waals surface area contributed by atoms with Gasteiger partial charge in [0.05, 0.1) is 5.56 Å². The summed E-state index contributed by atoms with van der Waals surface area (Å²) in [7, 11) is 0. The lowest BCUT2D eigenvalue weighted by Gasteiger charge is -2.09. The van der Waals surface area contributed by atoms with E-state index in [0.717, 1.165) is 4.47 Å². The Hall–Kier alpha value is -1.48. The van der Waals surface area contributed by atoms with E-state index >= 15 is 0 Å². The van der Waals surface area contributed by atoms with Crippen molar-refractivity contribution in [3.63, 3.8) is 0 Å². The molecule has 0 aliphatic heterocycles. The number of fused-ring (bicyclic) bond motifs is 1. The summed E-state index contributed by atoms with van der Waals surface area (Å²) < 4.78 is 14.5. The Labute approximate surface area is 119 Å². The second-order valence-electron chi connectivity index (χ2n) is 4.86. The van der Waals surface area contributed by atoms with Gasteiger partial charge in [0.25, 0.3) is 0 Å². The number of halogens is 2. The molecule has 0 bridgehead atoms. The Morgan fingerprint density at radius 1 is 1.11 bits per heavy atom. The summed E-state index contributed by atoms with van der Waals surface area (Å²) in [5, 5.41) is 0. The van der Waals surface area contributed by atoms with Gasteiger partial charge in [-0.15, -0.1) is 0 Å². The van der Waals surface area contributed by atoms with Gasteiger partial charge < -0.3 is 0 Å². The molecule has 0 heterocycles. The highest BCUT2D eigenvalue weighted by Gasteiger charge is 2.29. The fourth-order valence-electron chi connectivity index (χ4n) is 2.65. The molecule has 0 atom stereocenters. The van der Waals surface area contributed by atoms with Crippen LogP contribution in [0.5, 0.6) is 0 Å². The van der Waals surface area contributed by atoms with Gasteiger partial charge in [-0.3, -0.25) is 4.79 Å². The lowest BCUT2D eigenvalue weighted by atomic mass is 9.95. The Bertz CT molecular complexity index is 626. The topological polar surface area (TPSA) is 17.1 Å². The highest BCUT2D eigenvalue weighted by atomic mass is 79.9. The van der Waals surface area contributed by atoms with Crippen LogP contribution < -0.4 is 0 Å². The van der Waals surface area contributed by atoms with E-state index < -0.39 is 5.82 Å². The molecule has 0 saturated heterocycles. The van der Waals surface area contributed by atoms with E-state index in [2.05, 4.69) is 15.9 Å². The number of carbonyl (C=O) groups is 1. The summed E-state index contributed by atoms with van der Waals surface area (Å²) in [5.74, 6) is -0.680. The predicted octanol–water partition coefficient (Wildman–Crippen LogP) is 4.19. The van der Waals surface area contributed by atoms with Gasteiger partial charge in [-0.2, -0.15) is 0 Å². The van der Waals surface area contributed by atoms with Gasteiger partial charge in [0.1, 0.15) is 5.82 Å². The highest BCUT2D eigenvalue weighted by Crippen LogP contribution is 2.30. The lowest BCUT2D eigenvalue weighted by Crippen LogP contribution is -2.16. The summed E-state index contributed by atoms with van der Waals surface area (Å²) in [6.45, 7) is 0. The zero-order valence-corrected chi connectivity index (χ0v) is 11.8. The molecule has 0 amide bonds. The second kappa shape index (κ2) is 4.89. The Morgan fingerprint density at radius 3 is 2.37 bits per heavy atom. The van der Waals surface area contributed by atoms with E-state index in [1.54, 1.807) is 12.1 Å². The summed E-state index contributed by atoms with van der Waals surface area (Å²) >= 11 is 3.28. The van der Waals surface area contributed by atoms with Gasteiger partial charge >= 0.3 is 0 Å². The molecule has 1 nitrogen and oxygen atoms in total. The minimum absolute atomic E-state index is 0.102. The predicted molar refractivity (Wildman–Crippen MR) is 75.8 cm³/mol. The van der Waals surface area contributed by atoms with E-state index in [0.29, 0.717) is 12.8 Å². The fourth-order valence-corrected chi connectivity index (χ4v) is 3.01. The smallest absolute Gasteiger partial charge is 0.169 e.